The van der Waals surface area contributed by atoms with E-state index in [0.29, 0.717) is 24.3 Å². The highest BCUT2D eigenvalue weighted by Crippen LogP contribution is 2.25. The van der Waals surface area contributed by atoms with Gasteiger partial charge >= 0.3 is 10.2 Å². The number of nitrogens with zero attached hydrogens (tertiary/aromatic N) is 2. The van der Waals surface area contributed by atoms with Crippen molar-refractivity contribution in [1.29, 1.82) is 0 Å². The number of para-hydroxylation sites is 1. The first-order valence-electron chi connectivity index (χ1n) is 6.07. The minimum absolute atomic E-state index is 0.194. The predicted octanol–water partition coefficient (Wildman–Crippen LogP) is 1.10. The molecular weight excluding hydrogens is 282 g/mol. The van der Waals surface area contributed by atoms with Crippen LogP contribution in [0.1, 0.15) is 18.4 Å². The number of rotatable bonds is 4. The quantitative estimate of drug-likeness (QED) is 0.845. The molecule has 0 atom stereocenters. The molecule has 19 heavy (non-hydrogen) atoms. The zero-order valence-electron chi connectivity index (χ0n) is 10.7. The van der Waals surface area contributed by atoms with Gasteiger partial charge in [0.2, 0.25) is 0 Å². The van der Waals surface area contributed by atoms with Gasteiger partial charge in [-0.2, -0.15) is 12.7 Å². The van der Waals surface area contributed by atoms with Crippen molar-refractivity contribution in [3.8, 4) is 0 Å². The Morgan fingerprint density at radius 2 is 1.89 bits per heavy atom. The Labute approximate surface area is 119 Å². The topological polar surface area (TPSA) is 66.6 Å². The lowest BCUT2D eigenvalue weighted by atomic mass is 10.2. The Morgan fingerprint density at radius 1 is 1.32 bits per heavy atom. The van der Waals surface area contributed by atoms with Crippen LogP contribution in [0.15, 0.2) is 24.3 Å². The maximum Gasteiger partial charge on any atom is 0.303 e. The maximum absolute atomic E-state index is 12.5. The molecule has 0 unspecified atom stereocenters. The van der Waals surface area contributed by atoms with E-state index in [0.717, 1.165) is 12.8 Å². The lowest BCUT2D eigenvalue weighted by molar-refractivity contribution is 0.476. The number of benzene rings is 1. The number of thiocarbonyl (C=S) groups is 1. The summed E-state index contributed by atoms with van der Waals surface area (Å²) in [6, 6.07) is 7.00. The van der Waals surface area contributed by atoms with E-state index in [2.05, 4.69) is 0 Å². The summed E-state index contributed by atoms with van der Waals surface area (Å²) in [6.07, 6.45) is 1.81. The number of hydrogen-bond donors (Lipinski definition) is 1. The Hall–Kier alpha value is -1.18. The summed E-state index contributed by atoms with van der Waals surface area (Å²) in [5.74, 6) is 0. The van der Waals surface area contributed by atoms with Crippen molar-refractivity contribution >= 4 is 33.1 Å². The minimum atomic E-state index is -3.50. The molecule has 1 aliphatic rings. The second-order valence-electron chi connectivity index (χ2n) is 4.46. The predicted molar refractivity (Wildman–Crippen MR) is 80.5 cm³/mol. The highest BCUT2D eigenvalue weighted by atomic mass is 32.2. The largest absolute Gasteiger partial charge is 0.389 e. The SMILES string of the molecule is CN(c1ccccc1C(N)=S)S(=O)(=O)N1CCCC1. The molecule has 0 saturated carbocycles. The molecule has 7 heteroatoms. The molecule has 1 aromatic carbocycles. The Bertz CT molecular complexity index is 580. The summed E-state index contributed by atoms with van der Waals surface area (Å²) in [7, 11) is -1.96. The molecule has 0 spiro atoms. The lowest BCUT2D eigenvalue weighted by Gasteiger charge is -2.26. The van der Waals surface area contributed by atoms with Gasteiger partial charge in [0.25, 0.3) is 0 Å². The van der Waals surface area contributed by atoms with E-state index in [4.69, 9.17) is 18.0 Å². The van der Waals surface area contributed by atoms with Crippen molar-refractivity contribution < 1.29 is 8.42 Å². The van der Waals surface area contributed by atoms with E-state index in [1.807, 2.05) is 0 Å². The third-order valence-electron chi connectivity index (χ3n) is 3.25. The third kappa shape index (κ3) is 2.72. The van der Waals surface area contributed by atoms with E-state index in [1.165, 1.54) is 15.7 Å². The van der Waals surface area contributed by atoms with Gasteiger partial charge in [0, 0.05) is 25.7 Å². The molecular formula is C12H17N3O2S2. The van der Waals surface area contributed by atoms with Gasteiger partial charge in [-0.3, -0.25) is 4.31 Å². The van der Waals surface area contributed by atoms with Crippen LogP contribution in [0.3, 0.4) is 0 Å². The fraction of sp³-hybridized carbons (Fsp3) is 0.417. The number of anilines is 1. The monoisotopic (exact) mass is 299 g/mol. The van der Waals surface area contributed by atoms with Crippen molar-refractivity contribution in [2.75, 3.05) is 24.4 Å². The maximum atomic E-state index is 12.5. The first kappa shape index (κ1) is 14.2. The highest BCUT2D eigenvalue weighted by Gasteiger charge is 2.30. The molecule has 5 nitrogen and oxygen atoms in total. The summed E-state index contributed by atoms with van der Waals surface area (Å²) >= 11 is 4.97. The van der Waals surface area contributed by atoms with E-state index in [9.17, 15) is 8.42 Å². The zero-order chi connectivity index (χ0) is 14.0. The van der Waals surface area contributed by atoms with Gasteiger partial charge in [-0.25, -0.2) is 0 Å². The zero-order valence-corrected chi connectivity index (χ0v) is 12.4. The smallest absolute Gasteiger partial charge is 0.303 e. The van der Waals surface area contributed by atoms with Crippen molar-refractivity contribution in [1.82, 2.24) is 4.31 Å². The fourth-order valence-corrected chi connectivity index (χ4v) is 3.82. The summed E-state index contributed by atoms with van der Waals surface area (Å²) < 4.78 is 27.7. The molecule has 0 amide bonds. The average Bonchev–Trinajstić information content (AvgIpc) is 2.92. The van der Waals surface area contributed by atoms with E-state index in [-0.39, 0.29) is 4.99 Å². The van der Waals surface area contributed by atoms with Crippen LogP contribution in [0.5, 0.6) is 0 Å². The molecule has 1 aromatic rings. The second kappa shape index (κ2) is 5.44. The van der Waals surface area contributed by atoms with E-state index in [1.54, 1.807) is 24.3 Å². The number of hydrogen-bond acceptors (Lipinski definition) is 3. The first-order valence-corrected chi connectivity index (χ1v) is 7.88. The minimum Gasteiger partial charge on any atom is -0.389 e. The average molecular weight is 299 g/mol. The van der Waals surface area contributed by atoms with Crippen LogP contribution in [-0.2, 0) is 10.2 Å². The van der Waals surface area contributed by atoms with Crippen LogP contribution < -0.4 is 10.0 Å². The molecule has 0 aliphatic carbocycles. The van der Waals surface area contributed by atoms with Gasteiger partial charge in [-0.1, -0.05) is 24.4 Å². The fourth-order valence-electron chi connectivity index (χ4n) is 2.17. The van der Waals surface area contributed by atoms with Gasteiger partial charge in [0.1, 0.15) is 4.99 Å². The normalized spacial score (nSPS) is 16.5. The summed E-state index contributed by atoms with van der Waals surface area (Å²) in [4.78, 5) is 0.194. The van der Waals surface area contributed by atoms with Crippen LogP contribution in [0, 0.1) is 0 Å². The van der Waals surface area contributed by atoms with Crippen LogP contribution in [0.2, 0.25) is 0 Å². The molecule has 0 bridgehead atoms. The Kier molecular flexibility index (Phi) is 4.07. The van der Waals surface area contributed by atoms with E-state index < -0.39 is 10.2 Å². The van der Waals surface area contributed by atoms with Gasteiger partial charge < -0.3 is 5.73 Å². The van der Waals surface area contributed by atoms with Crippen LogP contribution >= 0.6 is 12.2 Å². The summed E-state index contributed by atoms with van der Waals surface area (Å²) in [5.41, 5.74) is 6.73. The highest BCUT2D eigenvalue weighted by molar-refractivity contribution is 7.90. The Morgan fingerprint density at radius 3 is 2.47 bits per heavy atom. The first-order chi connectivity index (χ1) is 8.94. The number of nitrogens with two attached hydrogens (primary N) is 1. The molecule has 0 radical (unpaired) electrons. The van der Waals surface area contributed by atoms with Crippen molar-refractivity contribution in [2.24, 2.45) is 5.73 Å². The van der Waals surface area contributed by atoms with Crippen molar-refractivity contribution in [2.45, 2.75) is 12.8 Å². The molecule has 1 aliphatic heterocycles. The molecule has 1 fully saturated rings. The van der Waals surface area contributed by atoms with Gasteiger partial charge in [0.05, 0.1) is 5.69 Å². The van der Waals surface area contributed by atoms with Gasteiger partial charge in [-0.15, -0.1) is 0 Å². The van der Waals surface area contributed by atoms with Crippen LogP contribution in [0.4, 0.5) is 5.69 Å². The van der Waals surface area contributed by atoms with Crippen molar-refractivity contribution in [3.63, 3.8) is 0 Å². The second-order valence-corrected chi connectivity index (χ2v) is 6.86. The van der Waals surface area contributed by atoms with Gasteiger partial charge in [-0.05, 0) is 25.0 Å². The summed E-state index contributed by atoms with van der Waals surface area (Å²) in [6.45, 7) is 1.14. The molecule has 104 valence electrons. The molecule has 2 N–H and O–H groups in total. The third-order valence-corrected chi connectivity index (χ3v) is 5.37. The Balaban J connectivity index is 2.39. The van der Waals surface area contributed by atoms with Crippen molar-refractivity contribution in [3.05, 3.63) is 29.8 Å². The molecule has 1 saturated heterocycles. The van der Waals surface area contributed by atoms with E-state index >= 15 is 0 Å². The molecule has 2 rings (SSSR count). The standard InChI is InChI=1S/C12H17N3O2S2/c1-14(19(16,17)15-8-4-5-9-15)11-7-3-2-6-10(11)12(13)18/h2-3,6-7H,4-5,8-9H2,1H3,(H2,13,18). The van der Waals surface area contributed by atoms with Crippen LogP contribution in [-0.4, -0.2) is 37.8 Å². The van der Waals surface area contributed by atoms with Gasteiger partial charge in [0.15, 0.2) is 0 Å². The van der Waals surface area contributed by atoms with Crippen LogP contribution in [0.25, 0.3) is 0 Å². The molecule has 0 aromatic heterocycles. The molecule has 1 heterocycles. The summed E-state index contributed by atoms with van der Waals surface area (Å²) in [5, 5.41) is 0. The lowest BCUT2D eigenvalue weighted by Crippen LogP contribution is -2.41.